The van der Waals surface area contributed by atoms with Gasteiger partial charge in [0.1, 0.15) is 6.10 Å². The Bertz CT molecular complexity index is 775. The largest absolute Gasteiger partial charge is 0.380 e. The van der Waals surface area contributed by atoms with Crippen molar-refractivity contribution in [1.82, 2.24) is 0 Å². The van der Waals surface area contributed by atoms with E-state index in [4.69, 9.17) is 16.7 Å². The number of rotatable bonds is 4. The average molecular weight is 326 g/mol. The highest BCUT2D eigenvalue weighted by atomic mass is 35.5. The molecule has 0 radical (unpaired) electrons. The lowest BCUT2D eigenvalue weighted by Gasteiger charge is -2.12. The predicted molar refractivity (Wildman–Crippen MR) is 78.6 cm³/mol. The molecular weight excluding hydrogens is 314 g/mol. The molecule has 21 heavy (non-hydrogen) atoms. The van der Waals surface area contributed by atoms with Gasteiger partial charge in [0.05, 0.1) is 9.92 Å². The summed E-state index contributed by atoms with van der Waals surface area (Å²) in [6.07, 6.45) is -1.43. The number of sulfonamides is 1. The molecule has 2 aromatic rings. The Morgan fingerprint density at radius 1 is 1.14 bits per heavy atom. The van der Waals surface area contributed by atoms with Crippen LogP contribution in [0.1, 0.15) is 22.0 Å². The van der Waals surface area contributed by atoms with Gasteiger partial charge >= 0.3 is 0 Å². The normalized spacial score (nSPS) is 12.9. The molecule has 3 N–H and O–H groups in total. The van der Waals surface area contributed by atoms with Crippen LogP contribution in [0, 0.1) is 0 Å². The van der Waals surface area contributed by atoms with Crippen molar-refractivity contribution in [2.75, 3.05) is 0 Å². The first kappa shape index (κ1) is 15.7. The molecule has 5 nitrogen and oxygen atoms in total. The lowest BCUT2D eigenvalue weighted by atomic mass is 10.00. The number of aliphatic hydroxyl groups is 1. The molecule has 7 heteroatoms. The topological polar surface area (TPSA) is 97.5 Å². The zero-order valence-corrected chi connectivity index (χ0v) is 12.3. The predicted octanol–water partition coefficient (Wildman–Crippen LogP) is 1.90. The third-order valence-corrected chi connectivity index (χ3v) is 4.14. The summed E-state index contributed by atoms with van der Waals surface area (Å²) in [5, 5.41) is 15.1. The van der Waals surface area contributed by atoms with Crippen LogP contribution in [0.2, 0.25) is 5.02 Å². The molecule has 0 heterocycles. The van der Waals surface area contributed by atoms with Crippen molar-refractivity contribution in [2.24, 2.45) is 5.14 Å². The van der Waals surface area contributed by atoms with Gasteiger partial charge in [0.15, 0.2) is 5.78 Å². The summed E-state index contributed by atoms with van der Waals surface area (Å²) in [7, 11) is -3.96. The Balaban J connectivity index is 2.44. The molecule has 0 aliphatic carbocycles. The molecule has 2 aromatic carbocycles. The van der Waals surface area contributed by atoms with Gasteiger partial charge in [-0.1, -0.05) is 41.9 Å². The summed E-state index contributed by atoms with van der Waals surface area (Å²) in [5.41, 5.74) is 0.291. The molecule has 0 spiro atoms. The summed E-state index contributed by atoms with van der Waals surface area (Å²) >= 11 is 5.91. The first-order valence-electron chi connectivity index (χ1n) is 5.90. The second kappa shape index (κ2) is 5.95. The van der Waals surface area contributed by atoms with Gasteiger partial charge in [-0.25, -0.2) is 13.6 Å². The maximum absolute atomic E-state index is 12.3. The van der Waals surface area contributed by atoms with E-state index in [1.54, 1.807) is 30.3 Å². The SMILES string of the molecule is NS(=O)(=O)c1ccc(Cl)c(C(=O)C(O)c2ccccc2)c1. The lowest BCUT2D eigenvalue weighted by molar-refractivity contribution is 0.0747. The Hall–Kier alpha value is -1.73. The fourth-order valence-corrected chi connectivity index (χ4v) is 2.55. The van der Waals surface area contributed by atoms with Crippen LogP contribution >= 0.6 is 11.6 Å². The summed E-state index contributed by atoms with van der Waals surface area (Å²) in [5.74, 6) is -0.697. The maximum Gasteiger partial charge on any atom is 0.238 e. The monoisotopic (exact) mass is 325 g/mol. The number of hydrogen-bond donors (Lipinski definition) is 2. The second-order valence-electron chi connectivity index (χ2n) is 4.36. The third kappa shape index (κ3) is 3.48. The molecule has 0 saturated carbocycles. The van der Waals surface area contributed by atoms with Gasteiger partial charge < -0.3 is 5.11 Å². The Morgan fingerprint density at radius 3 is 2.33 bits per heavy atom. The number of halogens is 1. The van der Waals surface area contributed by atoms with Crippen molar-refractivity contribution in [1.29, 1.82) is 0 Å². The van der Waals surface area contributed by atoms with E-state index in [0.717, 1.165) is 6.07 Å². The van der Waals surface area contributed by atoms with E-state index in [2.05, 4.69) is 0 Å². The van der Waals surface area contributed by atoms with Crippen LogP contribution in [0.3, 0.4) is 0 Å². The van der Waals surface area contributed by atoms with Crippen LogP contribution in [0.25, 0.3) is 0 Å². The molecule has 0 bridgehead atoms. The summed E-state index contributed by atoms with van der Waals surface area (Å²) in [6.45, 7) is 0. The van der Waals surface area contributed by atoms with Gasteiger partial charge in [-0.2, -0.15) is 0 Å². The Labute approximate surface area is 127 Å². The number of nitrogens with two attached hydrogens (primary N) is 1. The zero-order chi connectivity index (χ0) is 15.6. The van der Waals surface area contributed by atoms with E-state index >= 15 is 0 Å². The molecule has 2 rings (SSSR count). The fraction of sp³-hybridized carbons (Fsp3) is 0.0714. The molecule has 1 unspecified atom stereocenters. The molecule has 0 aliphatic rings. The number of primary sulfonamides is 1. The number of aliphatic hydroxyl groups excluding tert-OH is 1. The molecule has 0 aliphatic heterocycles. The quantitative estimate of drug-likeness (QED) is 0.839. The van der Waals surface area contributed by atoms with Gasteiger partial charge in [-0.3, -0.25) is 4.79 Å². The van der Waals surface area contributed by atoms with Gasteiger partial charge in [-0.05, 0) is 23.8 Å². The third-order valence-electron chi connectivity index (χ3n) is 2.90. The standard InChI is InChI=1S/C14H12ClNO4S/c15-12-7-6-10(21(16,19)20)8-11(12)14(18)13(17)9-4-2-1-3-5-9/h1-8,13,17H,(H2,16,19,20). The van der Waals surface area contributed by atoms with Gasteiger partial charge in [-0.15, -0.1) is 0 Å². The van der Waals surface area contributed by atoms with Crippen LogP contribution in [0.15, 0.2) is 53.4 Å². The second-order valence-corrected chi connectivity index (χ2v) is 6.33. The number of benzene rings is 2. The van der Waals surface area contributed by atoms with E-state index in [0.29, 0.717) is 5.56 Å². The van der Waals surface area contributed by atoms with Crippen molar-refractivity contribution in [3.05, 3.63) is 64.7 Å². The van der Waals surface area contributed by atoms with Crippen molar-refractivity contribution >= 4 is 27.4 Å². The first-order valence-corrected chi connectivity index (χ1v) is 7.82. The van der Waals surface area contributed by atoms with Crippen LogP contribution in [0.5, 0.6) is 0 Å². The minimum atomic E-state index is -3.96. The molecule has 0 saturated heterocycles. The molecule has 110 valence electrons. The molecule has 1 atom stereocenters. The zero-order valence-electron chi connectivity index (χ0n) is 10.7. The van der Waals surface area contributed by atoms with E-state index < -0.39 is 21.9 Å². The van der Waals surface area contributed by atoms with Crippen molar-refractivity contribution in [2.45, 2.75) is 11.0 Å². The fourth-order valence-electron chi connectivity index (χ4n) is 1.80. The van der Waals surface area contributed by atoms with Gasteiger partial charge in [0, 0.05) is 5.56 Å². The van der Waals surface area contributed by atoms with E-state index in [-0.39, 0.29) is 15.5 Å². The maximum atomic E-state index is 12.3. The smallest absolute Gasteiger partial charge is 0.238 e. The minimum absolute atomic E-state index is 0.0439. The molecule has 0 fully saturated rings. The molecular formula is C14H12ClNO4S. The van der Waals surface area contributed by atoms with Gasteiger partial charge in [0.25, 0.3) is 0 Å². The highest BCUT2D eigenvalue weighted by molar-refractivity contribution is 7.89. The van der Waals surface area contributed by atoms with Gasteiger partial charge in [0.2, 0.25) is 10.0 Å². The highest BCUT2D eigenvalue weighted by Crippen LogP contribution is 2.25. The molecule has 0 amide bonds. The van der Waals surface area contributed by atoms with Crippen molar-refractivity contribution < 1.29 is 18.3 Å². The van der Waals surface area contributed by atoms with Crippen LogP contribution in [-0.4, -0.2) is 19.3 Å². The van der Waals surface area contributed by atoms with Crippen LogP contribution in [-0.2, 0) is 10.0 Å². The minimum Gasteiger partial charge on any atom is -0.380 e. The first-order chi connectivity index (χ1) is 9.80. The van der Waals surface area contributed by atoms with Crippen molar-refractivity contribution in [3.63, 3.8) is 0 Å². The number of carbonyl (C=O) groups excluding carboxylic acids is 1. The molecule has 0 aromatic heterocycles. The van der Waals surface area contributed by atoms with E-state index in [1.807, 2.05) is 0 Å². The van der Waals surface area contributed by atoms with Crippen LogP contribution < -0.4 is 5.14 Å². The number of Topliss-reactive ketones (excluding diaryl/α,β-unsaturated/α-hetero) is 1. The van der Waals surface area contributed by atoms with E-state index in [1.165, 1.54) is 12.1 Å². The number of carbonyl (C=O) groups is 1. The summed E-state index contributed by atoms with van der Waals surface area (Å²) in [6, 6.07) is 11.8. The summed E-state index contributed by atoms with van der Waals surface area (Å²) in [4.78, 5) is 12.0. The number of hydrogen-bond acceptors (Lipinski definition) is 4. The number of ketones is 1. The summed E-state index contributed by atoms with van der Waals surface area (Å²) < 4.78 is 22.6. The lowest BCUT2D eigenvalue weighted by Crippen LogP contribution is -2.16. The van der Waals surface area contributed by atoms with E-state index in [9.17, 15) is 18.3 Å². The average Bonchev–Trinajstić information content (AvgIpc) is 2.46. The Kier molecular flexibility index (Phi) is 4.43. The highest BCUT2D eigenvalue weighted by Gasteiger charge is 2.23. The Morgan fingerprint density at radius 2 is 1.76 bits per heavy atom. The van der Waals surface area contributed by atoms with Crippen molar-refractivity contribution in [3.8, 4) is 0 Å². The van der Waals surface area contributed by atoms with Crippen LogP contribution in [0.4, 0.5) is 0 Å².